The minimum absolute atomic E-state index is 0.0794. The van der Waals surface area contributed by atoms with Crippen molar-refractivity contribution in [2.24, 2.45) is 0 Å². The fraction of sp³-hybridized carbons (Fsp3) is 0.118. The van der Waals surface area contributed by atoms with E-state index in [-0.39, 0.29) is 16.6 Å². The lowest BCUT2D eigenvalue weighted by atomic mass is 10.2. The fourth-order valence-corrected chi connectivity index (χ4v) is 3.47. The second-order valence-electron chi connectivity index (χ2n) is 5.32. The van der Waals surface area contributed by atoms with Crippen molar-refractivity contribution in [1.82, 2.24) is 15.2 Å². The Bertz CT molecular complexity index is 952. The van der Waals surface area contributed by atoms with Gasteiger partial charge in [-0.15, -0.1) is 5.10 Å². The maximum absolute atomic E-state index is 13.8. The Hall–Kier alpha value is -1.90. The molecular formula is C17H13BrClFN4OS. The van der Waals surface area contributed by atoms with E-state index in [1.165, 1.54) is 23.9 Å². The SMILES string of the molecule is CC(Sc1n[nH]c(-c2ccccc2Br)n1)C(=O)Nc1ccc(Cl)cc1F. The number of aromatic amines is 1. The van der Waals surface area contributed by atoms with Crippen molar-refractivity contribution in [1.29, 1.82) is 0 Å². The van der Waals surface area contributed by atoms with Crippen molar-refractivity contribution < 1.29 is 9.18 Å². The summed E-state index contributed by atoms with van der Waals surface area (Å²) in [6.07, 6.45) is 0. The van der Waals surface area contributed by atoms with Gasteiger partial charge in [-0.25, -0.2) is 9.37 Å². The first-order valence-corrected chi connectivity index (χ1v) is 9.59. The van der Waals surface area contributed by atoms with Crippen LogP contribution in [0.4, 0.5) is 10.1 Å². The summed E-state index contributed by atoms with van der Waals surface area (Å²) in [7, 11) is 0. The maximum atomic E-state index is 13.8. The molecule has 0 radical (unpaired) electrons. The van der Waals surface area contributed by atoms with Gasteiger partial charge in [0.05, 0.1) is 10.9 Å². The molecule has 26 heavy (non-hydrogen) atoms. The number of nitrogens with one attached hydrogen (secondary N) is 2. The van der Waals surface area contributed by atoms with Crippen LogP contribution >= 0.6 is 39.3 Å². The van der Waals surface area contributed by atoms with Crippen molar-refractivity contribution in [3.63, 3.8) is 0 Å². The molecule has 134 valence electrons. The van der Waals surface area contributed by atoms with Crippen LogP contribution in [0.2, 0.25) is 5.02 Å². The van der Waals surface area contributed by atoms with Crippen LogP contribution in [0.5, 0.6) is 0 Å². The normalized spacial score (nSPS) is 12.0. The number of carbonyl (C=O) groups is 1. The Labute approximate surface area is 166 Å². The van der Waals surface area contributed by atoms with E-state index in [4.69, 9.17) is 11.6 Å². The zero-order chi connectivity index (χ0) is 18.7. The summed E-state index contributed by atoms with van der Waals surface area (Å²) in [5, 5.41) is 9.69. The summed E-state index contributed by atoms with van der Waals surface area (Å²) in [6.45, 7) is 1.70. The van der Waals surface area contributed by atoms with Crippen molar-refractivity contribution in [3.8, 4) is 11.4 Å². The van der Waals surface area contributed by atoms with Gasteiger partial charge in [0.1, 0.15) is 5.82 Å². The van der Waals surface area contributed by atoms with Gasteiger partial charge in [0.2, 0.25) is 11.1 Å². The Morgan fingerprint density at radius 3 is 2.85 bits per heavy atom. The number of thioether (sulfide) groups is 1. The highest BCUT2D eigenvalue weighted by Crippen LogP contribution is 2.28. The van der Waals surface area contributed by atoms with Gasteiger partial charge in [0.15, 0.2) is 5.82 Å². The van der Waals surface area contributed by atoms with E-state index in [1.807, 2.05) is 24.3 Å². The van der Waals surface area contributed by atoms with Crippen molar-refractivity contribution in [3.05, 3.63) is 57.8 Å². The lowest BCUT2D eigenvalue weighted by Gasteiger charge is -2.10. The molecular weight excluding hydrogens is 443 g/mol. The van der Waals surface area contributed by atoms with Crippen LogP contribution < -0.4 is 5.32 Å². The zero-order valence-electron chi connectivity index (χ0n) is 13.5. The van der Waals surface area contributed by atoms with Crippen LogP contribution in [-0.2, 0) is 4.79 Å². The number of carbonyl (C=O) groups excluding carboxylic acids is 1. The summed E-state index contributed by atoms with van der Waals surface area (Å²) >= 11 is 10.3. The van der Waals surface area contributed by atoms with E-state index in [0.717, 1.165) is 16.1 Å². The van der Waals surface area contributed by atoms with Gasteiger partial charge in [0.25, 0.3) is 0 Å². The second-order valence-corrected chi connectivity index (χ2v) is 7.92. The van der Waals surface area contributed by atoms with Crippen LogP contribution in [-0.4, -0.2) is 26.3 Å². The van der Waals surface area contributed by atoms with Gasteiger partial charge in [-0.1, -0.05) is 57.5 Å². The number of aromatic nitrogens is 3. The molecule has 0 aliphatic rings. The molecule has 9 heteroatoms. The van der Waals surface area contributed by atoms with Gasteiger partial charge in [-0.3, -0.25) is 9.89 Å². The van der Waals surface area contributed by atoms with Crippen molar-refractivity contribution >= 4 is 50.9 Å². The van der Waals surface area contributed by atoms with E-state index in [1.54, 1.807) is 6.92 Å². The summed E-state index contributed by atoms with van der Waals surface area (Å²) in [5.74, 6) is -0.350. The first-order chi connectivity index (χ1) is 12.4. The minimum atomic E-state index is -0.586. The number of benzene rings is 2. The van der Waals surface area contributed by atoms with Gasteiger partial charge in [-0.2, -0.15) is 0 Å². The highest BCUT2D eigenvalue weighted by molar-refractivity contribution is 9.10. The van der Waals surface area contributed by atoms with E-state index in [2.05, 4.69) is 36.4 Å². The largest absolute Gasteiger partial charge is 0.323 e. The van der Waals surface area contributed by atoms with Crippen LogP contribution in [0, 0.1) is 5.82 Å². The molecule has 0 saturated carbocycles. The molecule has 0 fully saturated rings. The number of hydrogen-bond donors (Lipinski definition) is 2. The molecule has 0 bridgehead atoms. The highest BCUT2D eigenvalue weighted by Gasteiger charge is 2.19. The average molecular weight is 456 g/mol. The summed E-state index contributed by atoms with van der Waals surface area (Å²) < 4.78 is 14.7. The first-order valence-electron chi connectivity index (χ1n) is 7.54. The Kier molecular flexibility index (Phi) is 5.95. The van der Waals surface area contributed by atoms with Crippen LogP contribution in [0.3, 0.4) is 0 Å². The molecule has 1 atom stereocenters. The predicted octanol–water partition coefficient (Wildman–Crippen LogP) is 5.15. The third-order valence-electron chi connectivity index (χ3n) is 3.43. The number of anilines is 1. The molecule has 0 aliphatic heterocycles. The number of amides is 1. The van der Waals surface area contributed by atoms with Crippen LogP contribution in [0.15, 0.2) is 52.1 Å². The molecule has 0 aliphatic carbocycles. The summed E-state index contributed by atoms with van der Waals surface area (Å²) in [5.41, 5.74) is 0.947. The lowest BCUT2D eigenvalue weighted by Crippen LogP contribution is -2.23. The third kappa shape index (κ3) is 4.44. The molecule has 2 aromatic carbocycles. The fourth-order valence-electron chi connectivity index (χ4n) is 2.11. The average Bonchev–Trinajstić information content (AvgIpc) is 3.06. The molecule has 0 saturated heterocycles. The van der Waals surface area contributed by atoms with Gasteiger partial charge in [0, 0.05) is 15.1 Å². The Morgan fingerprint density at radius 1 is 1.35 bits per heavy atom. The quantitative estimate of drug-likeness (QED) is 0.522. The molecule has 0 spiro atoms. The van der Waals surface area contributed by atoms with Gasteiger partial charge in [-0.05, 0) is 31.2 Å². The minimum Gasteiger partial charge on any atom is -0.323 e. The molecule has 1 heterocycles. The number of rotatable bonds is 5. The highest BCUT2D eigenvalue weighted by atomic mass is 79.9. The molecule has 5 nitrogen and oxygen atoms in total. The predicted molar refractivity (Wildman–Crippen MR) is 105 cm³/mol. The topological polar surface area (TPSA) is 70.7 Å². The number of hydrogen-bond acceptors (Lipinski definition) is 4. The Balaban J connectivity index is 1.67. The molecule has 1 unspecified atom stereocenters. The van der Waals surface area contributed by atoms with Crippen molar-refractivity contribution in [2.75, 3.05) is 5.32 Å². The Morgan fingerprint density at radius 2 is 2.12 bits per heavy atom. The summed E-state index contributed by atoms with van der Waals surface area (Å²) in [6, 6.07) is 11.7. The van der Waals surface area contributed by atoms with Gasteiger partial charge < -0.3 is 5.32 Å². The lowest BCUT2D eigenvalue weighted by molar-refractivity contribution is -0.115. The van der Waals surface area contributed by atoms with E-state index in [0.29, 0.717) is 11.0 Å². The van der Waals surface area contributed by atoms with Crippen LogP contribution in [0.1, 0.15) is 6.92 Å². The van der Waals surface area contributed by atoms with E-state index >= 15 is 0 Å². The molecule has 2 N–H and O–H groups in total. The van der Waals surface area contributed by atoms with Crippen LogP contribution in [0.25, 0.3) is 11.4 Å². The van der Waals surface area contributed by atoms with E-state index < -0.39 is 11.1 Å². The standard InChI is InChI=1S/C17H13BrClFN4OS/c1-9(16(25)21-14-7-6-10(19)8-13(14)20)26-17-22-15(23-24-17)11-4-2-3-5-12(11)18/h2-9H,1H3,(H,21,25)(H,22,23,24). The van der Waals surface area contributed by atoms with Crippen molar-refractivity contribution in [2.45, 2.75) is 17.3 Å². The second kappa shape index (κ2) is 8.20. The monoisotopic (exact) mass is 454 g/mol. The van der Waals surface area contributed by atoms with E-state index in [9.17, 15) is 9.18 Å². The number of nitrogens with zero attached hydrogens (tertiary/aromatic N) is 2. The number of halogens is 3. The molecule has 3 rings (SSSR count). The maximum Gasteiger partial charge on any atom is 0.237 e. The first kappa shape index (κ1) is 18.9. The zero-order valence-corrected chi connectivity index (χ0v) is 16.6. The smallest absolute Gasteiger partial charge is 0.237 e. The summed E-state index contributed by atoms with van der Waals surface area (Å²) in [4.78, 5) is 16.7. The molecule has 1 aromatic heterocycles. The van der Waals surface area contributed by atoms with Gasteiger partial charge >= 0.3 is 0 Å². The molecule has 1 amide bonds. The molecule has 3 aromatic rings. The third-order valence-corrected chi connectivity index (χ3v) is 5.32. The number of H-pyrrole nitrogens is 1.